The smallest absolute Gasteiger partial charge is 0 e. The van der Waals surface area contributed by atoms with Crippen LogP contribution in [0.2, 0.25) is 0 Å². The fourth-order valence-electron chi connectivity index (χ4n) is 1.81. The largest absolute Gasteiger partial charge is 0.0561 e. The van der Waals surface area contributed by atoms with Gasteiger partial charge in [-0.1, -0.05) is 74.4 Å². The molecule has 0 N–H and O–H groups in total. The van der Waals surface area contributed by atoms with Crippen molar-refractivity contribution in [1.82, 2.24) is 0 Å². The number of hydrogen-bond donors (Lipinski definition) is 0. The first-order chi connectivity index (χ1) is 7.82. The van der Waals surface area contributed by atoms with Crippen LogP contribution >= 0.6 is 0 Å². The molecule has 108 valence electrons. The van der Waals surface area contributed by atoms with Crippen molar-refractivity contribution < 1.29 is 2.85 Å². The van der Waals surface area contributed by atoms with Crippen LogP contribution in [0.15, 0.2) is 12.1 Å². The Hall–Kier alpha value is -0.248. The highest BCUT2D eigenvalue weighted by atomic mass is 27.0. The first-order valence-electron chi connectivity index (χ1n) is 6.90. The molecule has 19 heavy (non-hydrogen) atoms. The standard InChI is InChI=1S/C18H29.Al.2H2/c1-16(2,3)13-10-14(17(4,5)6)12-15(11-13)18(7,8)9;;;/h10-11H,1-9H3;;2*1H. The summed E-state index contributed by atoms with van der Waals surface area (Å²) >= 11 is 0. The second-order valence-electron chi connectivity index (χ2n) is 8.45. The molecule has 1 aromatic carbocycles. The van der Waals surface area contributed by atoms with Gasteiger partial charge in [0.2, 0.25) is 0 Å². The fraction of sp³-hybridized carbons (Fsp3) is 0.667. The number of hydrogen-bond acceptors (Lipinski definition) is 0. The van der Waals surface area contributed by atoms with E-state index >= 15 is 0 Å². The third-order valence-corrected chi connectivity index (χ3v) is 3.35. The average Bonchev–Trinajstić information content (AvgIpc) is 2.13. The lowest BCUT2D eigenvalue weighted by atomic mass is 9.76. The Bertz CT molecular complexity index is 353. The molecule has 0 fully saturated rings. The van der Waals surface area contributed by atoms with Gasteiger partial charge in [0.25, 0.3) is 0 Å². The third-order valence-electron chi connectivity index (χ3n) is 3.35. The van der Waals surface area contributed by atoms with Gasteiger partial charge in [0.15, 0.2) is 0 Å². The Labute approximate surface area is 134 Å². The molecule has 0 spiro atoms. The van der Waals surface area contributed by atoms with Crippen LogP contribution in [0.1, 0.15) is 81.9 Å². The monoisotopic (exact) mass is 276 g/mol. The summed E-state index contributed by atoms with van der Waals surface area (Å²) in [6.45, 7) is 20.4. The molecule has 0 amide bonds. The summed E-state index contributed by atoms with van der Waals surface area (Å²) in [4.78, 5) is 0. The molecule has 0 heterocycles. The molecule has 4 radical (unpaired) electrons. The van der Waals surface area contributed by atoms with Gasteiger partial charge < -0.3 is 0 Å². The molecule has 0 atom stereocenters. The zero-order valence-corrected chi connectivity index (χ0v) is 15.4. The Morgan fingerprint density at radius 3 is 1.21 bits per heavy atom. The van der Waals surface area contributed by atoms with Gasteiger partial charge in [-0.3, -0.25) is 0 Å². The normalized spacial score (nSPS) is 13.1. The van der Waals surface area contributed by atoms with E-state index in [1.165, 1.54) is 16.7 Å². The lowest BCUT2D eigenvalue weighted by molar-refractivity contribution is 0.546. The van der Waals surface area contributed by atoms with Crippen molar-refractivity contribution in [3.8, 4) is 0 Å². The zero-order chi connectivity index (χ0) is 14.4. The number of benzene rings is 1. The van der Waals surface area contributed by atoms with Crippen molar-refractivity contribution in [3.05, 3.63) is 34.9 Å². The molecule has 0 aromatic heterocycles. The molecule has 1 rings (SSSR count). The van der Waals surface area contributed by atoms with Crippen LogP contribution in [0.25, 0.3) is 0 Å². The van der Waals surface area contributed by atoms with Gasteiger partial charge in [-0.05, 0) is 39.0 Å². The first kappa shape index (κ1) is 18.8. The highest BCUT2D eigenvalue weighted by Crippen LogP contribution is 2.33. The SMILES string of the molecule is CC(C)(C)c1[c]c(C(C)(C)C)cc(C(C)(C)C)c1.[Al].[HH].[HH]. The van der Waals surface area contributed by atoms with Gasteiger partial charge in [-0.2, -0.15) is 0 Å². The van der Waals surface area contributed by atoms with Crippen LogP contribution in [0.3, 0.4) is 0 Å². The van der Waals surface area contributed by atoms with Crippen molar-refractivity contribution in [3.63, 3.8) is 0 Å². The molecular weight excluding hydrogens is 243 g/mol. The van der Waals surface area contributed by atoms with Gasteiger partial charge in [0, 0.05) is 20.2 Å². The van der Waals surface area contributed by atoms with Gasteiger partial charge >= 0.3 is 0 Å². The molecule has 0 unspecified atom stereocenters. The maximum atomic E-state index is 3.64. The van der Waals surface area contributed by atoms with E-state index in [4.69, 9.17) is 0 Å². The van der Waals surface area contributed by atoms with Crippen LogP contribution in [-0.4, -0.2) is 17.4 Å². The Morgan fingerprint density at radius 2 is 1.00 bits per heavy atom. The average molecular weight is 276 g/mol. The second-order valence-corrected chi connectivity index (χ2v) is 8.45. The van der Waals surface area contributed by atoms with Crippen LogP contribution in [-0.2, 0) is 16.2 Å². The topological polar surface area (TPSA) is 0 Å². The second kappa shape index (κ2) is 5.63. The highest BCUT2D eigenvalue weighted by Gasteiger charge is 2.24. The van der Waals surface area contributed by atoms with Crippen LogP contribution in [0.5, 0.6) is 0 Å². The molecule has 0 aliphatic rings. The minimum Gasteiger partial charge on any atom is -0.0561 e. The summed E-state index contributed by atoms with van der Waals surface area (Å²) in [5.41, 5.74) is 4.55. The summed E-state index contributed by atoms with van der Waals surface area (Å²) < 4.78 is 0. The predicted octanol–water partition coefficient (Wildman–Crippen LogP) is 5.49. The summed E-state index contributed by atoms with van der Waals surface area (Å²) in [5, 5.41) is 0. The van der Waals surface area contributed by atoms with E-state index < -0.39 is 0 Å². The molecular formula is C18H33Al. The van der Waals surface area contributed by atoms with Gasteiger partial charge in [-0.15, -0.1) is 0 Å². The molecule has 0 aliphatic carbocycles. The highest BCUT2D eigenvalue weighted by molar-refractivity contribution is 5.75. The fourth-order valence-corrected chi connectivity index (χ4v) is 1.81. The molecule has 0 bridgehead atoms. The first-order valence-corrected chi connectivity index (χ1v) is 6.90. The van der Waals surface area contributed by atoms with Crippen molar-refractivity contribution >= 4 is 17.4 Å². The van der Waals surface area contributed by atoms with E-state index in [1.54, 1.807) is 0 Å². The minimum atomic E-state index is 0. The Kier molecular flexibility index (Phi) is 5.55. The summed E-state index contributed by atoms with van der Waals surface area (Å²) in [6.07, 6.45) is 0. The Balaban J connectivity index is -0.00000108. The summed E-state index contributed by atoms with van der Waals surface area (Å²) in [6, 6.07) is 8.29. The molecule has 1 aromatic rings. The van der Waals surface area contributed by atoms with Crippen molar-refractivity contribution in [2.24, 2.45) is 0 Å². The summed E-state index contributed by atoms with van der Waals surface area (Å²) in [5.74, 6) is 0. The molecule has 0 saturated heterocycles. The van der Waals surface area contributed by atoms with Crippen molar-refractivity contribution in [2.45, 2.75) is 78.6 Å². The van der Waals surface area contributed by atoms with E-state index in [9.17, 15) is 0 Å². The van der Waals surface area contributed by atoms with E-state index in [0.717, 1.165) is 0 Å². The van der Waals surface area contributed by atoms with E-state index in [-0.39, 0.29) is 36.5 Å². The van der Waals surface area contributed by atoms with Gasteiger partial charge in [0.1, 0.15) is 0 Å². The molecule has 0 nitrogen and oxygen atoms in total. The summed E-state index contributed by atoms with van der Waals surface area (Å²) in [7, 11) is 0. The van der Waals surface area contributed by atoms with Gasteiger partial charge in [0.05, 0.1) is 0 Å². The Morgan fingerprint density at radius 1 is 0.684 bits per heavy atom. The van der Waals surface area contributed by atoms with Gasteiger partial charge in [-0.25, -0.2) is 0 Å². The predicted molar refractivity (Wildman–Crippen MR) is 91.4 cm³/mol. The maximum Gasteiger partial charge on any atom is 0 e. The zero-order valence-electron chi connectivity index (χ0n) is 14.2. The van der Waals surface area contributed by atoms with E-state index in [0.29, 0.717) is 0 Å². The van der Waals surface area contributed by atoms with Crippen LogP contribution in [0, 0.1) is 6.07 Å². The van der Waals surface area contributed by atoms with Crippen molar-refractivity contribution in [1.29, 1.82) is 0 Å². The number of rotatable bonds is 0. The molecule has 0 saturated carbocycles. The molecule has 1 heteroatoms. The van der Waals surface area contributed by atoms with E-state index in [1.807, 2.05) is 0 Å². The maximum absolute atomic E-state index is 3.64. The lowest BCUT2D eigenvalue weighted by Crippen LogP contribution is -2.20. The minimum absolute atomic E-state index is 0. The lowest BCUT2D eigenvalue weighted by Gasteiger charge is -2.29. The van der Waals surface area contributed by atoms with E-state index in [2.05, 4.69) is 80.5 Å². The third kappa shape index (κ3) is 4.98. The molecule has 0 aliphatic heterocycles. The van der Waals surface area contributed by atoms with Crippen LogP contribution < -0.4 is 0 Å². The van der Waals surface area contributed by atoms with Crippen molar-refractivity contribution in [2.75, 3.05) is 0 Å². The van der Waals surface area contributed by atoms with Crippen LogP contribution in [0.4, 0.5) is 0 Å². The quantitative estimate of drug-likeness (QED) is 0.550.